The Kier molecular flexibility index (Phi) is 9.40. The summed E-state index contributed by atoms with van der Waals surface area (Å²) in [6.07, 6.45) is 0. The van der Waals surface area contributed by atoms with Gasteiger partial charge in [-0.3, -0.25) is 0 Å². The minimum absolute atomic E-state index is 0.177. The molecule has 2 aliphatic heterocycles. The summed E-state index contributed by atoms with van der Waals surface area (Å²) >= 11 is 0. The van der Waals surface area contributed by atoms with Crippen molar-refractivity contribution in [1.29, 1.82) is 0 Å². The number of benzene rings is 12. The fourth-order valence-electron chi connectivity index (χ4n) is 13.1. The molecule has 0 unspecified atom stereocenters. The molecule has 0 amide bonds. The highest BCUT2D eigenvalue weighted by molar-refractivity contribution is 6.23. The Morgan fingerprint density at radius 2 is 0.707 bits per heavy atom. The fraction of sp³-hybridized carbons (Fsp3) is 0.0704. The van der Waals surface area contributed by atoms with E-state index in [1.54, 1.807) is 0 Å². The first-order chi connectivity index (χ1) is 36.8. The Labute approximate surface area is 438 Å². The van der Waals surface area contributed by atoms with E-state index in [4.69, 9.17) is 0 Å². The summed E-state index contributed by atoms with van der Waals surface area (Å²) in [6, 6.07) is 90.7. The zero-order valence-electron chi connectivity index (χ0n) is 42.4. The second kappa shape index (κ2) is 16.3. The third kappa shape index (κ3) is 6.36. The molecule has 3 aliphatic rings. The average molecular weight is 961 g/mol. The van der Waals surface area contributed by atoms with Crippen molar-refractivity contribution in [2.45, 2.75) is 19.3 Å². The van der Waals surface area contributed by atoms with Gasteiger partial charge in [0.15, 0.2) is 0 Å². The Bertz CT molecular complexity index is 4250. The standard InChI is InChI=1S/C71H52N4/c1-71(2)59-26-8-7-24-53(59)54-38-35-48(42-60(54)71)70-56-40-37-49(74-65-31-13-9-27-61(65)72(3)62-28-10-14-32-66(62)74)43-57(56)69(47-22-17-21-46(41-47)52-25-18-20-45-19-5-6-23-51(45)52)55-39-36-50(44-58(55)70)75-67-33-15-11-29-63(67)73(4)64-30-12-16-34-68(64)75/h5-44H,1-4H3. The molecule has 0 fully saturated rings. The molecule has 0 aromatic heterocycles. The van der Waals surface area contributed by atoms with Crippen LogP contribution in [0, 0.1) is 0 Å². The molecular weight excluding hydrogens is 909 g/mol. The molecular formula is C71H52N4. The number of rotatable bonds is 5. The second-order valence-electron chi connectivity index (χ2n) is 21.0. The number of fused-ring (bicyclic) bond motifs is 10. The maximum absolute atomic E-state index is 2.51. The average Bonchev–Trinajstić information content (AvgIpc) is 3.73. The largest absolute Gasteiger partial charge is 0.341 e. The summed E-state index contributed by atoms with van der Waals surface area (Å²) in [6.45, 7) is 4.78. The lowest BCUT2D eigenvalue weighted by Gasteiger charge is -2.39. The van der Waals surface area contributed by atoms with Crippen molar-refractivity contribution in [3.63, 3.8) is 0 Å². The predicted octanol–water partition coefficient (Wildman–Crippen LogP) is 19.6. The SMILES string of the molecule is CN1c2ccccc2N(c2ccc3c(-c4ccc5c(c4)C(C)(C)c4ccccc4-5)c4cc(N5c6ccccc6N(C)c6ccccc65)ccc4c(-c4cccc(-c5cccc6ccccc56)c4)c3c2)c2ccccc21. The van der Waals surface area contributed by atoms with Crippen LogP contribution in [0.15, 0.2) is 243 Å². The van der Waals surface area contributed by atoms with E-state index in [2.05, 4.69) is 290 Å². The molecule has 12 aromatic rings. The molecule has 0 bridgehead atoms. The molecule has 0 saturated carbocycles. The first-order valence-corrected chi connectivity index (χ1v) is 26.1. The minimum atomic E-state index is -0.177. The maximum Gasteiger partial charge on any atom is 0.0699 e. The summed E-state index contributed by atoms with van der Waals surface area (Å²) < 4.78 is 0. The van der Waals surface area contributed by atoms with Crippen LogP contribution in [0.3, 0.4) is 0 Å². The highest BCUT2D eigenvalue weighted by Crippen LogP contribution is 2.56. The molecule has 0 radical (unpaired) electrons. The third-order valence-electron chi connectivity index (χ3n) is 16.7. The van der Waals surface area contributed by atoms with Crippen LogP contribution >= 0.6 is 0 Å². The van der Waals surface area contributed by atoms with Crippen molar-refractivity contribution < 1.29 is 0 Å². The van der Waals surface area contributed by atoms with Gasteiger partial charge in [-0.1, -0.05) is 172 Å². The van der Waals surface area contributed by atoms with E-state index in [0.29, 0.717) is 0 Å². The van der Waals surface area contributed by atoms with Crippen molar-refractivity contribution in [2.24, 2.45) is 0 Å². The highest BCUT2D eigenvalue weighted by atomic mass is 15.3. The van der Waals surface area contributed by atoms with Gasteiger partial charge < -0.3 is 19.6 Å². The van der Waals surface area contributed by atoms with Crippen molar-refractivity contribution in [1.82, 2.24) is 0 Å². The third-order valence-corrected chi connectivity index (χ3v) is 16.7. The van der Waals surface area contributed by atoms with Crippen LogP contribution in [-0.2, 0) is 5.41 Å². The highest BCUT2D eigenvalue weighted by Gasteiger charge is 2.36. The van der Waals surface area contributed by atoms with Crippen LogP contribution in [0.4, 0.5) is 56.9 Å². The maximum atomic E-state index is 2.51. The number of hydrogen-bond donors (Lipinski definition) is 0. The van der Waals surface area contributed by atoms with E-state index in [0.717, 1.165) is 34.1 Å². The molecule has 4 heteroatoms. The molecule has 15 rings (SSSR count). The van der Waals surface area contributed by atoms with Gasteiger partial charge in [-0.05, 0) is 173 Å². The zero-order valence-corrected chi connectivity index (χ0v) is 42.4. The van der Waals surface area contributed by atoms with E-state index in [1.165, 1.54) is 111 Å². The van der Waals surface area contributed by atoms with E-state index in [1.807, 2.05) is 0 Å². The van der Waals surface area contributed by atoms with E-state index < -0.39 is 0 Å². The Hall–Kier alpha value is -9.38. The molecule has 0 atom stereocenters. The number of anilines is 10. The van der Waals surface area contributed by atoms with Crippen molar-refractivity contribution in [3.8, 4) is 44.5 Å². The van der Waals surface area contributed by atoms with Gasteiger partial charge in [-0.2, -0.15) is 0 Å². The van der Waals surface area contributed by atoms with Crippen LogP contribution in [0.2, 0.25) is 0 Å². The smallest absolute Gasteiger partial charge is 0.0699 e. The predicted molar refractivity (Wildman–Crippen MR) is 318 cm³/mol. The summed E-state index contributed by atoms with van der Waals surface area (Å²) in [5.74, 6) is 0. The van der Waals surface area contributed by atoms with Crippen LogP contribution in [0.25, 0.3) is 76.8 Å². The van der Waals surface area contributed by atoms with E-state index >= 15 is 0 Å². The van der Waals surface area contributed by atoms with Crippen LogP contribution < -0.4 is 19.6 Å². The topological polar surface area (TPSA) is 13.0 Å². The lowest BCUT2D eigenvalue weighted by Crippen LogP contribution is -2.24. The number of hydrogen-bond acceptors (Lipinski definition) is 4. The lowest BCUT2D eigenvalue weighted by molar-refractivity contribution is 0.660. The Morgan fingerprint density at radius 3 is 1.28 bits per heavy atom. The van der Waals surface area contributed by atoms with Gasteiger partial charge in [-0.25, -0.2) is 0 Å². The monoisotopic (exact) mass is 960 g/mol. The van der Waals surface area contributed by atoms with Gasteiger partial charge in [0.05, 0.1) is 45.5 Å². The molecule has 356 valence electrons. The summed E-state index contributed by atoms with van der Waals surface area (Å²) in [4.78, 5) is 9.57. The summed E-state index contributed by atoms with van der Waals surface area (Å²) in [5.41, 5.74) is 23.9. The minimum Gasteiger partial charge on any atom is -0.341 e. The molecule has 0 N–H and O–H groups in total. The first kappa shape index (κ1) is 43.2. The molecule has 75 heavy (non-hydrogen) atoms. The molecule has 4 nitrogen and oxygen atoms in total. The van der Waals surface area contributed by atoms with Crippen molar-refractivity contribution in [3.05, 3.63) is 254 Å². The number of nitrogens with zero attached hydrogens (tertiary/aromatic N) is 4. The van der Waals surface area contributed by atoms with Gasteiger partial charge in [-0.15, -0.1) is 0 Å². The number of para-hydroxylation sites is 8. The van der Waals surface area contributed by atoms with Crippen LogP contribution in [-0.4, -0.2) is 14.1 Å². The zero-order chi connectivity index (χ0) is 50.1. The fourth-order valence-corrected chi connectivity index (χ4v) is 13.1. The van der Waals surface area contributed by atoms with Gasteiger partial charge in [0, 0.05) is 30.9 Å². The first-order valence-electron chi connectivity index (χ1n) is 26.1. The van der Waals surface area contributed by atoms with Crippen LogP contribution in [0.1, 0.15) is 25.0 Å². The van der Waals surface area contributed by atoms with Gasteiger partial charge in [0.2, 0.25) is 0 Å². The molecule has 2 heterocycles. The van der Waals surface area contributed by atoms with Crippen LogP contribution in [0.5, 0.6) is 0 Å². The normalized spacial score (nSPS) is 13.9. The summed E-state index contributed by atoms with van der Waals surface area (Å²) in [5, 5.41) is 7.29. The Morgan fingerprint density at radius 1 is 0.280 bits per heavy atom. The lowest BCUT2D eigenvalue weighted by atomic mass is 9.80. The Balaban J connectivity index is 1.06. The van der Waals surface area contributed by atoms with Gasteiger partial charge in [0.25, 0.3) is 0 Å². The van der Waals surface area contributed by atoms with Crippen molar-refractivity contribution >= 4 is 89.2 Å². The second-order valence-corrected chi connectivity index (χ2v) is 21.0. The quantitative estimate of drug-likeness (QED) is 0.159. The molecule has 12 aromatic carbocycles. The van der Waals surface area contributed by atoms with Crippen molar-refractivity contribution in [2.75, 3.05) is 33.7 Å². The van der Waals surface area contributed by atoms with E-state index in [9.17, 15) is 0 Å². The van der Waals surface area contributed by atoms with Gasteiger partial charge in [0.1, 0.15) is 0 Å². The van der Waals surface area contributed by atoms with Gasteiger partial charge >= 0.3 is 0 Å². The molecule has 0 saturated heterocycles. The summed E-state index contributed by atoms with van der Waals surface area (Å²) in [7, 11) is 4.36. The van der Waals surface area contributed by atoms with E-state index in [-0.39, 0.29) is 5.41 Å². The molecule has 0 spiro atoms. The molecule has 1 aliphatic carbocycles.